The molecule has 1 radical (unpaired) electrons. The van der Waals surface area contributed by atoms with E-state index in [2.05, 4.69) is 0 Å². The second kappa shape index (κ2) is 5.60. The van der Waals surface area contributed by atoms with Crippen molar-refractivity contribution in [3.8, 4) is 0 Å². The quantitative estimate of drug-likeness (QED) is 0.716. The van der Waals surface area contributed by atoms with Gasteiger partial charge in [-0.3, -0.25) is 9.59 Å². The van der Waals surface area contributed by atoms with Gasteiger partial charge in [0.25, 0.3) is 0 Å². The Morgan fingerprint density at radius 1 is 0.786 bits per heavy atom. The molecule has 0 bridgehead atoms. The largest absolute Gasteiger partial charge is 0.299 e. The first-order valence-corrected chi connectivity index (χ1v) is 4.62. The van der Waals surface area contributed by atoms with Crippen LogP contribution >= 0.6 is 0 Å². The summed E-state index contributed by atoms with van der Waals surface area (Å²) in [5.41, 5.74) is -0.804. The molecule has 0 saturated heterocycles. The molecule has 3 heteroatoms. The van der Waals surface area contributed by atoms with Crippen molar-refractivity contribution < 1.29 is 46.5 Å². The van der Waals surface area contributed by atoms with E-state index in [-0.39, 0.29) is 54.9 Å². The van der Waals surface area contributed by atoms with E-state index in [1.807, 2.05) is 41.5 Å². The molecule has 0 aromatic rings. The molecule has 0 fully saturated rings. The molecule has 0 aliphatic rings. The van der Waals surface area contributed by atoms with Gasteiger partial charge in [0.2, 0.25) is 0 Å². The van der Waals surface area contributed by atoms with Crippen LogP contribution in [-0.2, 0) is 9.59 Å². The first-order chi connectivity index (χ1) is 5.55. The number of hydrogen-bond donors (Lipinski definition) is 0. The van der Waals surface area contributed by atoms with E-state index in [9.17, 15) is 9.59 Å². The molecule has 0 unspecified atom stereocenters. The Hall–Kier alpha value is 0.574. The third-order valence-corrected chi connectivity index (χ3v) is 1.99. The Bertz CT molecular complexity index is 194. The maximum Gasteiger partial charge on any atom is 0.145 e. The van der Waals surface area contributed by atoms with Gasteiger partial charge >= 0.3 is 0 Å². The van der Waals surface area contributed by atoms with Gasteiger partial charge in [0.15, 0.2) is 0 Å². The summed E-state index contributed by atoms with van der Waals surface area (Å²) < 4.78 is 0. The smallest absolute Gasteiger partial charge is 0.145 e. The molecule has 0 aromatic carbocycles. The van der Waals surface area contributed by atoms with Gasteiger partial charge in [0, 0.05) is 47.7 Å². The molecular formula is C11H20O2Tm. The summed E-state index contributed by atoms with van der Waals surface area (Å²) in [6.07, 6.45) is 0.0625. The summed E-state index contributed by atoms with van der Waals surface area (Å²) in [7, 11) is 0. The van der Waals surface area contributed by atoms with Crippen LogP contribution in [0.25, 0.3) is 0 Å². The Labute approximate surface area is 116 Å². The van der Waals surface area contributed by atoms with Crippen LogP contribution in [0, 0.1) is 47.7 Å². The normalized spacial score (nSPS) is 11.9. The monoisotopic (exact) mass is 353 g/mol. The Morgan fingerprint density at radius 3 is 1.14 bits per heavy atom. The first-order valence-electron chi connectivity index (χ1n) is 4.62. The molecule has 89 valence electrons. The summed E-state index contributed by atoms with van der Waals surface area (Å²) in [6.45, 7) is 11.0. The maximum atomic E-state index is 11.5. The van der Waals surface area contributed by atoms with E-state index >= 15 is 0 Å². The third-order valence-electron chi connectivity index (χ3n) is 1.99. The molecule has 0 amide bonds. The van der Waals surface area contributed by atoms with Gasteiger partial charge in [-0.25, -0.2) is 0 Å². The summed E-state index contributed by atoms with van der Waals surface area (Å²) in [4.78, 5) is 23.0. The molecule has 0 N–H and O–H groups in total. The van der Waals surface area contributed by atoms with E-state index in [1.165, 1.54) is 0 Å². The Morgan fingerprint density at radius 2 is 1.00 bits per heavy atom. The van der Waals surface area contributed by atoms with Gasteiger partial charge < -0.3 is 0 Å². The number of hydrogen-bond acceptors (Lipinski definition) is 2. The van der Waals surface area contributed by atoms with Gasteiger partial charge in [-0.2, -0.15) is 0 Å². The van der Waals surface area contributed by atoms with Crippen molar-refractivity contribution >= 4 is 11.6 Å². The fourth-order valence-corrected chi connectivity index (χ4v) is 0.676. The fourth-order valence-electron chi connectivity index (χ4n) is 0.676. The zero-order valence-corrected chi connectivity index (χ0v) is 11.6. The molecule has 0 spiro atoms. The van der Waals surface area contributed by atoms with E-state index < -0.39 is 10.8 Å². The van der Waals surface area contributed by atoms with Crippen LogP contribution in [-0.4, -0.2) is 11.6 Å². The van der Waals surface area contributed by atoms with Crippen molar-refractivity contribution in [3.05, 3.63) is 0 Å². The molecule has 0 rings (SSSR count). The van der Waals surface area contributed by atoms with Crippen LogP contribution in [0.1, 0.15) is 48.0 Å². The first kappa shape index (κ1) is 17.0. The van der Waals surface area contributed by atoms with Crippen molar-refractivity contribution in [1.82, 2.24) is 0 Å². The van der Waals surface area contributed by atoms with E-state index in [0.29, 0.717) is 0 Å². The molecule has 2 nitrogen and oxygen atoms in total. The van der Waals surface area contributed by atoms with E-state index in [4.69, 9.17) is 0 Å². The SMILES string of the molecule is CC(C)(C)C(=O)CC(=O)C(C)(C)C.[Tm]. The molecule has 0 saturated carbocycles. The van der Waals surface area contributed by atoms with Gasteiger partial charge in [0.05, 0.1) is 6.42 Å². The van der Waals surface area contributed by atoms with Gasteiger partial charge in [-0.15, -0.1) is 0 Å². The van der Waals surface area contributed by atoms with Crippen LogP contribution < -0.4 is 0 Å². The average molecular weight is 353 g/mol. The fraction of sp³-hybridized carbons (Fsp3) is 0.818. The minimum atomic E-state index is -0.402. The van der Waals surface area contributed by atoms with Crippen LogP contribution in [0.15, 0.2) is 0 Å². The number of carbonyl (C=O) groups excluding carboxylic acids is 2. The molecule has 0 atom stereocenters. The predicted octanol–water partition coefficient (Wildman–Crippen LogP) is 2.61. The Balaban J connectivity index is 0. The predicted molar refractivity (Wildman–Crippen MR) is 53.5 cm³/mol. The molecule has 14 heavy (non-hydrogen) atoms. The summed E-state index contributed by atoms with van der Waals surface area (Å²) in [5, 5.41) is 0. The van der Waals surface area contributed by atoms with Crippen molar-refractivity contribution in [1.29, 1.82) is 0 Å². The van der Waals surface area contributed by atoms with Gasteiger partial charge in [-0.05, 0) is 0 Å². The van der Waals surface area contributed by atoms with E-state index in [1.54, 1.807) is 0 Å². The third kappa shape index (κ3) is 6.13. The van der Waals surface area contributed by atoms with E-state index in [0.717, 1.165) is 0 Å². The summed E-state index contributed by atoms with van der Waals surface area (Å²) >= 11 is 0. The minimum absolute atomic E-state index is 0. The standard InChI is InChI=1S/C11H20O2.Tm/c1-10(2,3)8(12)7-9(13)11(4,5)6;/h7H2,1-6H3;. The number of ketones is 2. The summed E-state index contributed by atoms with van der Waals surface area (Å²) in [5.74, 6) is 0.0415. The zero-order valence-electron chi connectivity index (χ0n) is 9.80. The molecule has 0 aliphatic carbocycles. The van der Waals surface area contributed by atoms with Crippen molar-refractivity contribution in [2.75, 3.05) is 0 Å². The van der Waals surface area contributed by atoms with Crippen LogP contribution in [0.4, 0.5) is 0 Å². The zero-order chi connectivity index (χ0) is 10.9. The molecule has 0 heterocycles. The number of rotatable bonds is 2. The summed E-state index contributed by atoms with van der Waals surface area (Å²) in [6, 6.07) is 0. The average Bonchev–Trinajstić information content (AvgIpc) is 1.82. The van der Waals surface area contributed by atoms with Crippen LogP contribution in [0.2, 0.25) is 0 Å². The van der Waals surface area contributed by atoms with Crippen molar-refractivity contribution in [2.24, 2.45) is 10.8 Å². The second-order valence-corrected chi connectivity index (χ2v) is 5.52. The van der Waals surface area contributed by atoms with Crippen molar-refractivity contribution in [3.63, 3.8) is 0 Å². The van der Waals surface area contributed by atoms with Crippen LogP contribution in [0.3, 0.4) is 0 Å². The molecular weight excluding hydrogens is 333 g/mol. The van der Waals surface area contributed by atoms with Crippen LogP contribution in [0.5, 0.6) is 0 Å². The minimum Gasteiger partial charge on any atom is -0.299 e. The topological polar surface area (TPSA) is 34.1 Å². The maximum absolute atomic E-state index is 11.5. The second-order valence-electron chi connectivity index (χ2n) is 5.52. The van der Waals surface area contributed by atoms with Gasteiger partial charge in [0.1, 0.15) is 11.6 Å². The molecule has 0 aliphatic heterocycles. The Kier molecular flexibility index (Phi) is 6.80. The van der Waals surface area contributed by atoms with Gasteiger partial charge in [-0.1, -0.05) is 41.5 Å². The number of carbonyl (C=O) groups is 2. The van der Waals surface area contributed by atoms with Crippen molar-refractivity contribution in [2.45, 2.75) is 48.0 Å². The molecule has 0 aromatic heterocycles. The number of Topliss-reactive ketones (excluding diaryl/α,β-unsaturated/α-hetero) is 2.